The van der Waals surface area contributed by atoms with E-state index in [9.17, 15) is 0 Å². The smallest absolute Gasteiger partial charge is 0.0831 e. The topological polar surface area (TPSA) is 47.7 Å². The number of nitrogens with one attached hydrogen (secondary N) is 2. The van der Waals surface area contributed by atoms with Crippen LogP contribution in [0.25, 0.3) is 0 Å². The molecule has 2 N–H and O–H groups in total. The van der Waals surface area contributed by atoms with Crippen molar-refractivity contribution in [3.05, 3.63) is 0 Å². The van der Waals surface area contributed by atoms with Crippen LogP contribution in [0, 0.1) is 10.8 Å². The maximum atomic E-state index is 5.62. The molecule has 0 saturated carbocycles. The molecule has 0 unspecified atom stereocenters. The van der Waals surface area contributed by atoms with Crippen molar-refractivity contribution in [3.8, 4) is 0 Å². The fourth-order valence-corrected chi connectivity index (χ4v) is 0. The summed E-state index contributed by atoms with van der Waals surface area (Å²) in [5.74, 6) is 0. The van der Waals surface area contributed by atoms with Crippen LogP contribution in [-0.2, 0) is 0 Å². The first-order chi connectivity index (χ1) is 1.41. The van der Waals surface area contributed by atoms with E-state index in [2.05, 4.69) is 0 Å². The summed E-state index contributed by atoms with van der Waals surface area (Å²) in [6.07, 6.45) is 0. The van der Waals surface area contributed by atoms with Gasteiger partial charge in [0, 0.05) is 0 Å². The van der Waals surface area contributed by atoms with Crippen molar-refractivity contribution in [2.75, 3.05) is 0 Å². The van der Waals surface area contributed by atoms with Gasteiger partial charge in [0.2, 0.25) is 0 Å². The molecule has 0 aliphatic heterocycles. The summed E-state index contributed by atoms with van der Waals surface area (Å²) in [6.45, 7) is 0. The van der Waals surface area contributed by atoms with Crippen LogP contribution in [0.5, 0.6) is 0 Å². The van der Waals surface area contributed by atoms with Crippen molar-refractivity contribution in [2.24, 2.45) is 0 Å². The first-order valence-corrected chi connectivity index (χ1v) is 0.500. The molecule has 0 saturated heterocycles. The Bertz CT molecular complexity index is 27.0. The van der Waals surface area contributed by atoms with Crippen LogP contribution in [-0.4, -0.2) is 6.01 Å². The van der Waals surface area contributed by atoms with Crippen molar-refractivity contribution in [3.63, 3.8) is 0 Å². The Morgan fingerprint density at radius 1 is 1.25 bits per heavy atom. The second-order valence-corrected chi connectivity index (χ2v) is 0.125. The maximum Gasteiger partial charge on any atom is 0.0831 e. The summed E-state index contributed by atoms with van der Waals surface area (Å²) in [6, 6.07) is 1.25. The fourth-order valence-electron chi connectivity index (χ4n) is 0. The number of halogens is 1. The molecule has 0 fully saturated rings. The van der Waals surface area contributed by atoms with Crippen LogP contribution in [0.4, 0.5) is 0 Å². The van der Waals surface area contributed by atoms with Crippen LogP contribution < -0.4 is 0 Å². The predicted molar refractivity (Wildman–Crippen MR) is 25.9 cm³/mol. The molecular weight excluding hydrogens is 167 g/mol. The second kappa shape index (κ2) is 11.2. The first-order valence-electron chi connectivity index (χ1n) is 0.500. The van der Waals surface area contributed by atoms with Gasteiger partial charge in [-0.25, -0.2) is 10.8 Å². The van der Waals surface area contributed by atoms with Crippen molar-refractivity contribution in [2.45, 2.75) is 0 Å². The lowest BCUT2D eigenvalue weighted by Gasteiger charge is -1.09. The number of hydrogen-bond donors (Lipinski definition) is 2. The van der Waals surface area contributed by atoms with Gasteiger partial charge in [0.15, 0.2) is 0 Å². The van der Waals surface area contributed by atoms with Crippen LogP contribution in [0.3, 0.4) is 0 Å². The Labute approximate surface area is 41.3 Å². The lowest BCUT2D eigenvalue weighted by Crippen LogP contribution is -1.11. The monoisotopic (exact) mass is 170 g/mol. The first kappa shape index (κ1) is 8.93. The fraction of sp³-hybridized carbons (Fsp3) is 0. The Morgan fingerprint density at radius 3 is 1.25 bits per heavy atom. The normalized spacial score (nSPS) is 2.00. The molecule has 0 aliphatic carbocycles. The maximum absolute atomic E-state index is 5.62. The van der Waals surface area contributed by atoms with Crippen molar-refractivity contribution in [1.82, 2.24) is 0 Å². The van der Waals surface area contributed by atoms with E-state index in [0.29, 0.717) is 0 Å². The lowest BCUT2D eigenvalue weighted by atomic mass is 11.6. The zero-order chi connectivity index (χ0) is 2.71. The van der Waals surface area contributed by atoms with E-state index < -0.39 is 0 Å². The molecule has 0 heterocycles. The Morgan fingerprint density at radius 2 is 1.25 bits per heavy atom. The summed E-state index contributed by atoms with van der Waals surface area (Å²) in [4.78, 5) is 0. The summed E-state index contributed by atoms with van der Waals surface area (Å²) >= 11 is 0. The van der Waals surface area contributed by atoms with Gasteiger partial charge in [-0.2, -0.15) is 0 Å². The molecule has 0 aliphatic rings. The molecule has 0 spiro atoms. The van der Waals surface area contributed by atoms with Crippen molar-refractivity contribution in [1.29, 1.82) is 10.8 Å². The standard InChI is InChI=1S/CH2N2.HI/c2-1-3;/h2-3H;1H. The SMILES string of the molecule is I.N=C=N. The average Bonchev–Trinajstić information content (AvgIpc) is 0.918. The van der Waals surface area contributed by atoms with Crippen LogP contribution in [0.15, 0.2) is 0 Å². The molecule has 3 heteroatoms. The summed E-state index contributed by atoms with van der Waals surface area (Å²) in [7, 11) is 0. The van der Waals surface area contributed by atoms with E-state index in [-0.39, 0.29) is 24.0 Å². The third-order valence-electron chi connectivity index (χ3n) is 0. The Hall–Kier alpha value is 0.110. The highest BCUT2D eigenvalue weighted by molar-refractivity contribution is 14.0. The quantitative estimate of drug-likeness (QED) is 0.401. The molecule has 0 amide bonds. The van der Waals surface area contributed by atoms with E-state index in [1.807, 2.05) is 0 Å². The van der Waals surface area contributed by atoms with Gasteiger partial charge in [-0.3, -0.25) is 0 Å². The third-order valence-corrected chi connectivity index (χ3v) is 0. The largest absolute Gasteiger partial charge is 0.242 e. The highest BCUT2D eigenvalue weighted by atomic mass is 127. The van der Waals surface area contributed by atoms with Gasteiger partial charge in [0.25, 0.3) is 0 Å². The zero-order valence-corrected chi connectivity index (χ0v) is 4.24. The van der Waals surface area contributed by atoms with Crippen molar-refractivity contribution >= 4 is 30.0 Å². The highest BCUT2D eigenvalue weighted by Gasteiger charge is 0.934. The van der Waals surface area contributed by atoms with Gasteiger partial charge in [-0.1, -0.05) is 0 Å². The molecule has 0 atom stereocenters. The van der Waals surface area contributed by atoms with Gasteiger partial charge in [0.1, 0.15) is 0 Å². The molecule has 0 bridgehead atoms. The Balaban J connectivity index is 0. The predicted octanol–water partition coefficient (Wildman–Crippen LogP) is 0.936. The van der Waals surface area contributed by atoms with E-state index in [1.54, 1.807) is 0 Å². The van der Waals surface area contributed by atoms with Crippen molar-refractivity contribution < 1.29 is 0 Å². The minimum atomic E-state index is 0. The van der Waals surface area contributed by atoms with Gasteiger partial charge < -0.3 is 0 Å². The van der Waals surface area contributed by atoms with Gasteiger partial charge in [0.05, 0.1) is 6.01 Å². The molecule has 24 valence electrons. The molecule has 0 aromatic carbocycles. The average molecular weight is 170 g/mol. The molecule has 2 nitrogen and oxygen atoms in total. The lowest BCUT2D eigenvalue weighted by molar-refractivity contribution is 1.47. The molecular formula is CH3IN2. The van der Waals surface area contributed by atoms with E-state index >= 15 is 0 Å². The summed E-state index contributed by atoms with van der Waals surface area (Å²) < 4.78 is 0. The van der Waals surface area contributed by atoms with Crippen LogP contribution in [0.2, 0.25) is 0 Å². The summed E-state index contributed by atoms with van der Waals surface area (Å²) in [5, 5.41) is 11.2. The minimum Gasteiger partial charge on any atom is -0.242 e. The third kappa shape index (κ3) is 215. The molecule has 0 radical (unpaired) electrons. The van der Waals surface area contributed by atoms with E-state index in [4.69, 9.17) is 10.8 Å². The van der Waals surface area contributed by atoms with E-state index in [1.165, 1.54) is 6.01 Å². The Kier molecular flexibility index (Phi) is 25.1. The summed E-state index contributed by atoms with van der Waals surface area (Å²) in [5.41, 5.74) is 0. The molecule has 4 heavy (non-hydrogen) atoms. The van der Waals surface area contributed by atoms with Crippen LogP contribution in [0.1, 0.15) is 0 Å². The zero-order valence-electron chi connectivity index (χ0n) is 1.91. The van der Waals surface area contributed by atoms with Gasteiger partial charge in [-0.05, 0) is 0 Å². The molecule has 0 aromatic rings. The number of hydrogen-bond acceptors (Lipinski definition) is 2. The number of rotatable bonds is 0. The highest BCUT2D eigenvalue weighted by Crippen LogP contribution is 0.920. The van der Waals surface area contributed by atoms with Gasteiger partial charge >= 0.3 is 0 Å². The molecule has 0 aromatic heterocycles. The minimum absolute atomic E-state index is 0. The second-order valence-electron chi connectivity index (χ2n) is 0.125. The van der Waals surface area contributed by atoms with Crippen LogP contribution >= 0.6 is 24.0 Å². The molecule has 0 rings (SSSR count). The van der Waals surface area contributed by atoms with Gasteiger partial charge in [-0.15, -0.1) is 24.0 Å². The van der Waals surface area contributed by atoms with E-state index in [0.717, 1.165) is 0 Å².